The molecule has 0 aromatic heterocycles. The van der Waals surface area contributed by atoms with Crippen molar-refractivity contribution >= 4 is 41.1 Å². The lowest BCUT2D eigenvalue weighted by Crippen LogP contribution is -2.40. The Balaban J connectivity index is 1.64. The number of carbonyl (C=O) groups is 2. The van der Waals surface area contributed by atoms with Gasteiger partial charge in [-0.05, 0) is 43.2 Å². The number of carbonyl (C=O) groups excluding carboxylic acids is 2. The number of hydrogen-bond donors (Lipinski definition) is 2. The van der Waals surface area contributed by atoms with Crippen LogP contribution in [0.1, 0.15) is 24.0 Å². The fraction of sp³-hybridized carbons (Fsp3) is 0.200. The van der Waals surface area contributed by atoms with Gasteiger partial charge < -0.3 is 4.74 Å². The SMILES string of the molecule is Cc1ccc(C=CC(=O)NNC(=O)CCCOc2ccc(Cl)cc2Cl)cc1. The maximum atomic E-state index is 11.7. The monoisotopic (exact) mass is 406 g/mol. The second-order valence-electron chi connectivity index (χ2n) is 5.81. The molecule has 27 heavy (non-hydrogen) atoms. The van der Waals surface area contributed by atoms with Crippen LogP contribution in [-0.4, -0.2) is 18.4 Å². The summed E-state index contributed by atoms with van der Waals surface area (Å²) in [4.78, 5) is 23.4. The average molecular weight is 407 g/mol. The Morgan fingerprint density at radius 3 is 2.52 bits per heavy atom. The van der Waals surface area contributed by atoms with Crippen molar-refractivity contribution < 1.29 is 14.3 Å². The summed E-state index contributed by atoms with van der Waals surface area (Å²) in [6.45, 7) is 2.31. The third-order valence-corrected chi connectivity index (χ3v) is 4.06. The molecule has 0 saturated heterocycles. The number of benzene rings is 2. The molecule has 2 aromatic rings. The Morgan fingerprint density at radius 2 is 1.81 bits per heavy atom. The maximum absolute atomic E-state index is 11.7. The van der Waals surface area contributed by atoms with Crippen LogP contribution in [0.2, 0.25) is 10.0 Å². The quantitative estimate of drug-likeness (QED) is 0.408. The number of nitrogens with one attached hydrogen (secondary N) is 2. The third-order valence-electron chi connectivity index (χ3n) is 3.53. The van der Waals surface area contributed by atoms with Gasteiger partial charge in [-0.2, -0.15) is 0 Å². The molecule has 0 bridgehead atoms. The highest BCUT2D eigenvalue weighted by molar-refractivity contribution is 6.35. The number of ether oxygens (including phenoxy) is 1. The Bertz CT molecular complexity index is 820. The van der Waals surface area contributed by atoms with E-state index in [-0.39, 0.29) is 12.3 Å². The van der Waals surface area contributed by atoms with Crippen molar-refractivity contribution in [3.05, 3.63) is 69.7 Å². The van der Waals surface area contributed by atoms with Crippen molar-refractivity contribution in [1.29, 1.82) is 0 Å². The normalized spacial score (nSPS) is 10.6. The summed E-state index contributed by atoms with van der Waals surface area (Å²) in [5, 5.41) is 0.943. The van der Waals surface area contributed by atoms with Crippen molar-refractivity contribution in [2.24, 2.45) is 0 Å². The topological polar surface area (TPSA) is 67.4 Å². The largest absolute Gasteiger partial charge is 0.492 e. The zero-order valence-corrected chi connectivity index (χ0v) is 16.3. The zero-order chi connectivity index (χ0) is 19.6. The Hall–Kier alpha value is -2.50. The number of hydrogen-bond acceptors (Lipinski definition) is 3. The van der Waals surface area contributed by atoms with E-state index in [2.05, 4.69) is 10.9 Å². The number of aryl methyl sites for hydroxylation is 1. The van der Waals surface area contributed by atoms with Gasteiger partial charge in [0.1, 0.15) is 5.75 Å². The van der Waals surface area contributed by atoms with E-state index in [1.807, 2.05) is 31.2 Å². The van der Waals surface area contributed by atoms with Gasteiger partial charge in [-0.1, -0.05) is 53.0 Å². The van der Waals surface area contributed by atoms with Crippen LogP contribution in [0.25, 0.3) is 6.08 Å². The third kappa shape index (κ3) is 7.72. The van der Waals surface area contributed by atoms with E-state index in [1.54, 1.807) is 24.3 Å². The first-order valence-corrected chi connectivity index (χ1v) is 9.11. The van der Waals surface area contributed by atoms with Gasteiger partial charge >= 0.3 is 0 Å². The van der Waals surface area contributed by atoms with Crippen molar-refractivity contribution in [2.45, 2.75) is 19.8 Å². The van der Waals surface area contributed by atoms with Crippen molar-refractivity contribution in [2.75, 3.05) is 6.61 Å². The van der Waals surface area contributed by atoms with E-state index in [0.29, 0.717) is 28.8 Å². The van der Waals surface area contributed by atoms with Crippen LogP contribution in [0.5, 0.6) is 5.75 Å². The lowest BCUT2D eigenvalue weighted by Gasteiger charge is -2.08. The molecular formula is C20H20Cl2N2O3. The zero-order valence-electron chi connectivity index (χ0n) is 14.8. The lowest BCUT2D eigenvalue weighted by molar-refractivity contribution is -0.126. The molecule has 0 heterocycles. The lowest BCUT2D eigenvalue weighted by atomic mass is 10.1. The van der Waals surface area contributed by atoms with E-state index in [9.17, 15) is 9.59 Å². The van der Waals surface area contributed by atoms with Gasteiger partial charge in [-0.25, -0.2) is 0 Å². The summed E-state index contributed by atoms with van der Waals surface area (Å²) < 4.78 is 5.49. The van der Waals surface area contributed by atoms with E-state index in [4.69, 9.17) is 27.9 Å². The fourth-order valence-corrected chi connectivity index (χ4v) is 2.56. The van der Waals surface area contributed by atoms with Gasteiger partial charge in [0, 0.05) is 17.5 Å². The predicted octanol–water partition coefficient (Wildman–Crippen LogP) is 4.32. The van der Waals surface area contributed by atoms with Gasteiger partial charge in [-0.15, -0.1) is 0 Å². The predicted molar refractivity (Wildman–Crippen MR) is 108 cm³/mol. The first-order chi connectivity index (χ1) is 12.9. The molecule has 2 N–H and O–H groups in total. The van der Waals surface area contributed by atoms with Crippen LogP contribution in [0, 0.1) is 6.92 Å². The van der Waals surface area contributed by atoms with Gasteiger partial charge in [0.2, 0.25) is 5.91 Å². The van der Waals surface area contributed by atoms with Crippen molar-refractivity contribution in [3.63, 3.8) is 0 Å². The molecule has 5 nitrogen and oxygen atoms in total. The van der Waals surface area contributed by atoms with Gasteiger partial charge in [0.25, 0.3) is 5.91 Å². The minimum absolute atomic E-state index is 0.202. The summed E-state index contributed by atoms with van der Waals surface area (Å²) in [5.41, 5.74) is 6.74. The van der Waals surface area contributed by atoms with Crippen LogP contribution >= 0.6 is 23.2 Å². The number of hydrazine groups is 1. The van der Waals surface area contributed by atoms with E-state index in [1.165, 1.54) is 6.08 Å². The highest BCUT2D eigenvalue weighted by Gasteiger charge is 2.05. The Morgan fingerprint density at radius 1 is 1.07 bits per heavy atom. The van der Waals surface area contributed by atoms with Crippen LogP contribution in [-0.2, 0) is 9.59 Å². The Kier molecular flexibility index (Phi) is 8.17. The number of rotatable bonds is 7. The molecule has 142 valence electrons. The summed E-state index contributed by atoms with van der Waals surface area (Å²) in [5.74, 6) is -0.206. The van der Waals surface area contributed by atoms with Crippen LogP contribution in [0.15, 0.2) is 48.5 Å². The first-order valence-electron chi connectivity index (χ1n) is 8.35. The molecular weight excluding hydrogens is 387 g/mol. The van der Waals surface area contributed by atoms with Gasteiger partial charge in [-0.3, -0.25) is 20.4 Å². The molecule has 0 spiro atoms. The highest BCUT2D eigenvalue weighted by Crippen LogP contribution is 2.27. The van der Waals surface area contributed by atoms with E-state index in [0.717, 1.165) is 11.1 Å². The summed E-state index contributed by atoms with van der Waals surface area (Å²) >= 11 is 11.8. The Labute approximate surface area is 168 Å². The maximum Gasteiger partial charge on any atom is 0.262 e. The second-order valence-corrected chi connectivity index (χ2v) is 6.65. The van der Waals surface area contributed by atoms with E-state index < -0.39 is 5.91 Å². The minimum Gasteiger partial charge on any atom is -0.492 e. The molecule has 0 radical (unpaired) electrons. The van der Waals surface area contributed by atoms with Crippen molar-refractivity contribution in [3.8, 4) is 5.75 Å². The first kappa shape index (κ1) is 20.8. The van der Waals surface area contributed by atoms with Gasteiger partial charge in [0.05, 0.1) is 11.6 Å². The molecule has 0 saturated carbocycles. The molecule has 0 aliphatic carbocycles. The molecule has 0 aliphatic rings. The standard InChI is InChI=1S/C20H20Cl2N2O3/c1-14-4-6-15(7-5-14)8-11-20(26)24-23-19(25)3-2-12-27-18-10-9-16(21)13-17(18)22/h4-11,13H,2-3,12H2,1H3,(H,23,25)(H,24,26). The van der Waals surface area contributed by atoms with E-state index >= 15 is 0 Å². The fourth-order valence-electron chi connectivity index (χ4n) is 2.09. The van der Waals surface area contributed by atoms with Crippen LogP contribution in [0.3, 0.4) is 0 Å². The number of halogens is 2. The molecule has 0 aliphatic heterocycles. The molecule has 7 heteroatoms. The second kappa shape index (κ2) is 10.6. The van der Waals surface area contributed by atoms with Crippen LogP contribution < -0.4 is 15.6 Å². The van der Waals surface area contributed by atoms with Crippen LogP contribution in [0.4, 0.5) is 0 Å². The molecule has 2 aromatic carbocycles. The molecule has 0 fully saturated rings. The highest BCUT2D eigenvalue weighted by atomic mass is 35.5. The average Bonchev–Trinajstić information content (AvgIpc) is 2.64. The summed E-state index contributed by atoms with van der Waals surface area (Å²) in [6.07, 6.45) is 3.70. The van der Waals surface area contributed by atoms with Crippen molar-refractivity contribution in [1.82, 2.24) is 10.9 Å². The molecule has 0 atom stereocenters. The van der Waals surface area contributed by atoms with Gasteiger partial charge in [0.15, 0.2) is 0 Å². The summed E-state index contributed by atoms with van der Waals surface area (Å²) in [6, 6.07) is 12.7. The minimum atomic E-state index is -0.409. The molecule has 0 unspecified atom stereocenters. The molecule has 2 rings (SSSR count). The smallest absolute Gasteiger partial charge is 0.262 e. The summed E-state index contributed by atoms with van der Waals surface area (Å²) in [7, 11) is 0. The number of amides is 2. The molecule has 2 amide bonds.